The van der Waals surface area contributed by atoms with Gasteiger partial charge in [0.15, 0.2) is 0 Å². The number of furan rings is 1. The van der Waals surface area contributed by atoms with Crippen LogP contribution < -0.4 is 10.6 Å². The van der Waals surface area contributed by atoms with E-state index in [0.717, 1.165) is 6.07 Å². The number of rotatable bonds is 6. The van der Waals surface area contributed by atoms with E-state index in [9.17, 15) is 14.0 Å². The smallest absolute Gasteiger partial charge is 0.256 e. The van der Waals surface area contributed by atoms with E-state index in [2.05, 4.69) is 10.6 Å². The van der Waals surface area contributed by atoms with E-state index in [-0.39, 0.29) is 29.0 Å². The molecule has 5 nitrogen and oxygen atoms in total. The number of hydrogen-bond acceptors (Lipinski definition) is 3. The zero-order valence-corrected chi connectivity index (χ0v) is 14.1. The van der Waals surface area contributed by atoms with Gasteiger partial charge >= 0.3 is 0 Å². The highest BCUT2D eigenvalue weighted by atomic mass is 35.5. The number of hydrogen-bond donors (Lipinski definition) is 2. The molecule has 0 spiro atoms. The van der Waals surface area contributed by atoms with Gasteiger partial charge in [-0.2, -0.15) is 0 Å². The molecule has 0 saturated heterocycles. The van der Waals surface area contributed by atoms with E-state index in [4.69, 9.17) is 16.0 Å². The third kappa shape index (κ3) is 4.35. The Balaban J connectivity index is 2.07. The Morgan fingerprint density at radius 2 is 2.00 bits per heavy atom. The van der Waals surface area contributed by atoms with Crippen molar-refractivity contribution in [1.82, 2.24) is 10.6 Å². The molecular formula is C17H18ClFN2O3. The molecule has 0 aliphatic carbocycles. The van der Waals surface area contributed by atoms with Crippen molar-refractivity contribution in [2.45, 2.75) is 26.4 Å². The summed E-state index contributed by atoms with van der Waals surface area (Å²) in [6.07, 6.45) is 1.50. The zero-order valence-electron chi connectivity index (χ0n) is 13.3. The normalized spacial score (nSPS) is 12.0. The summed E-state index contributed by atoms with van der Waals surface area (Å²) >= 11 is 5.88. The van der Waals surface area contributed by atoms with Crippen molar-refractivity contribution in [1.29, 1.82) is 0 Å². The molecule has 2 N–H and O–H groups in total. The molecule has 0 bridgehead atoms. The van der Waals surface area contributed by atoms with Gasteiger partial charge in [-0.3, -0.25) is 9.59 Å². The maximum absolute atomic E-state index is 13.8. The molecule has 7 heteroatoms. The Labute approximate surface area is 144 Å². The number of nitrogens with one attached hydrogen (secondary N) is 2. The Kier molecular flexibility index (Phi) is 5.98. The predicted molar refractivity (Wildman–Crippen MR) is 88.1 cm³/mol. The minimum absolute atomic E-state index is 0.00833. The van der Waals surface area contributed by atoms with E-state index >= 15 is 0 Å². The van der Waals surface area contributed by atoms with Gasteiger partial charge in [0.1, 0.15) is 17.6 Å². The van der Waals surface area contributed by atoms with E-state index in [0.29, 0.717) is 5.76 Å². The highest BCUT2D eigenvalue weighted by Gasteiger charge is 2.26. The molecule has 0 aliphatic rings. The van der Waals surface area contributed by atoms with Crippen molar-refractivity contribution in [3.05, 3.63) is 58.8 Å². The van der Waals surface area contributed by atoms with E-state index in [1.54, 1.807) is 26.0 Å². The molecule has 0 radical (unpaired) electrons. The lowest BCUT2D eigenvalue weighted by Crippen LogP contribution is -2.49. The maximum atomic E-state index is 13.8. The second-order valence-corrected chi connectivity index (χ2v) is 6.00. The molecule has 0 saturated carbocycles. The van der Waals surface area contributed by atoms with Crippen LogP contribution in [0.25, 0.3) is 0 Å². The lowest BCUT2D eigenvalue weighted by Gasteiger charge is -2.22. The van der Waals surface area contributed by atoms with Crippen molar-refractivity contribution in [2.75, 3.05) is 0 Å². The van der Waals surface area contributed by atoms with E-state index < -0.39 is 17.8 Å². The average molecular weight is 353 g/mol. The van der Waals surface area contributed by atoms with Gasteiger partial charge in [-0.15, -0.1) is 0 Å². The Morgan fingerprint density at radius 3 is 2.58 bits per heavy atom. The molecule has 0 aliphatic heterocycles. The number of amides is 2. The quantitative estimate of drug-likeness (QED) is 0.839. The van der Waals surface area contributed by atoms with Gasteiger partial charge in [0.05, 0.1) is 23.4 Å². The largest absolute Gasteiger partial charge is 0.467 e. The van der Waals surface area contributed by atoms with Crippen LogP contribution >= 0.6 is 11.6 Å². The van der Waals surface area contributed by atoms with Gasteiger partial charge in [0.25, 0.3) is 5.91 Å². The molecule has 2 amide bonds. The highest BCUT2D eigenvalue weighted by Crippen LogP contribution is 2.19. The van der Waals surface area contributed by atoms with Crippen molar-refractivity contribution in [3.8, 4) is 0 Å². The van der Waals surface area contributed by atoms with Crippen molar-refractivity contribution >= 4 is 23.4 Å². The van der Waals surface area contributed by atoms with Gasteiger partial charge < -0.3 is 15.1 Å². The van der Waals surface area contributed by atoms with Crippen LogP contribution in [0.15, 0.2) is 41.0 Å². The lowest BCUT2D eigenvalue weighted by molar-refractivity contribution is -0.124. The van der Waals surface area contributed by atoms with Crippen molar-refractivity contribution < 1.29 is 18.4 Å². The van der Waals surface area contributed by atoms with Crippen molar-refractivity contribution in [3.63, 3.8) is 0 Å². The van der Waals surface area contributed by atoms with Crippen LogP contribution in [0.1, 0.15) is 30.0 Å². The fraction of sp³-hybridized carbons (Fsp3) is 0.294. The summed E-state index contributed by atoms with van der Waals surface area (Å²) in [4.78, 5) is 24.6. The summed E-state index contributed by atoms with van der Waals surface area (Å²) in [6.45, 7) is 3.76. The summed E-state index contributed by atoms with van der Waals surface area (Å²) in [5, 5.41) is 5.21. The van der Waals surface area contributed by atoms with Gasteiger partial charge in [-0.05, 0) is 30.2 Å². The standard InChI is InChI=1S/C17H18ClFN2O3/c1-10(2)15(17(23)20-9-11-5-4-8-24-11)21-16(22)14-12(18)6-3-7-13(14)19/h3-8,10,15H,9H2,1-2H3,(H,20,23)(H,21,22)/t15-/m1/s1. The molecule has 24 heavy (non-hydrogen) atoms. The molecule has 2 rings (SSSR count). The second kappa shape index (κ2) is 7.97. The third-order valence-electron chi connectivity index (χ3n) is 3.44. The molecular weight excluding hydrogens is 335 g/mol. The number of carbonyl (C=O) groups excluding carboxylic acids is 2. The minimum atomic E-state index is -0.830. The highest BCUT2D eigenvalue weighted by molar-refractivity contribution is 6.33. The molecule has 0 fully saturated rings. The minimum Gasteiger partial charge on any atom is -0.467 e. The Bertz CT molecular complexity index is 696. The predicted octanol–water partition coefficient (Wildman–Crippen LogP) is 3.14. The Morgan fingerprint density at radius 1 is 1.25 bits per heavy atom. The average Bonchev–Trinajstić information content (AvgIpc) is 3.03. The topological polar surface area (TPSA) is 71.3 Å². The first-order chi connectivity index (χ1) is 11.4. The third-order valence-corrected chi connectivity index (χ3v) is 3.76. The molecule has 1 heterocycles. The molecule has 1 aromatic heterocycles. The summed E-state index contributed by atoms with van der Waals surface area (Å²) in [5.74, 6) is -1.46. The van der Waals surface area contributed by atoms with Crippen LogP contribution in [-0.4, -0.2) is 17.9 Å². The summed E-state index contributed by atoms with van der Waals surface area (Å²) < 4.78 is 19.0. The van der Waals surface area contributed by atoms with E-state index in [1.165, 1.54) is 18.4 Å². The second-order valence-electron chi connectivity index (χ2n) is 5.59. The first-order valence-corrected chi connectivity index (χ1v) is 7.83. The number of halogens is 2. The summed E-state index contributed by atoms with van der Waals surface area (Å²) in [6, 6.07) is 6.57. The van der Waals surface area contributed by atoms with Crippen LogP contribution in [0, 0.1) is 11.7 Å². The first kappa shape index (κ1) is 18.0. The van der Waals surface area contributed by atoms with Gasteiger partial charge in [-0.25, -0.2) is 4.39 Å². The molecule has 2 aromatic rings. The fourth-order valence-electron chi connectivity index (χ4n) is 2.16. The zero-order chi connectivity index (χ0) is 17.7. The summed E-state index contributed by atoms with van der Waals surface area (Å²) in [5.41, 5.74) is -0.274. The van der Waals surface area contributed by atoms with Crippen LogP contribution in [0.5, 0.6) is 0 Å². The van der Waals surface area contributed by atoms with Gasteiger partial charge in [-0.1, -0.05) is 31.5 Å². The molecule has 0 unspecified atom stereocenters. The Hall–Kier alpha value is -2.34. The lowest BCUT2D eigenvalue weighted by atomic mass is 10.0. The maximum Gasteiger partial charge on any atom is 0.256 e. The van der Waals surface area contributed by atoms with Gasteiger partial charge in [0.2, 0.25) is 5.91 Å². The molecule has 128 valence electrons. The van der Waals surface area contributed by atoms with Crippen molar-refractivity contribution in [2.24, 2.45) is 5.92 Å². The summed E-state index contributed by atoms with van der Waals surface area (Å²) in [7, 11) is 0. The SMILES string of the molecule is CC(C)[C@@H](NC(=O)c1c(F)cccc1Cl)C(=O)NCc1ccco1. The monoisotopic (exact) mass is 352 g/mol. The van der Waals surface area contributed by atoms with Crippen LogP contribution in [-0.2, 0) is 11.3 Å². The van der Waals surface area contributed by atoms with Crippen LogP contribution in [0.4, 0.5) is 4.39 Å². The van der Waals surface area contributed by atoms with E-state index in [1.807, 2.05) is 0 Å². The first-order valence-electron chi connectivity index (χ1n) is 7.45. The van der Waals surface area contributed by atoms with Crippen LogP contribution in [0.2, 0.25) is 5.02 Å². The molecule has 1 aromatic carbocycles. The molecule has 1 atom stereocenters. The fourth-order valence-corrected chi connectivity index (χ4v) is 2.41. The van der Waals surface area contributed by atoms with Gasteiger partial charge in [0, 0.05) is 0 Å². The van der Waals surface area contributed by atoms with Crippen LogP contribution in [0.3, 0.4) is 0 Å². The number of benzene rings is 1. The number of carbonyl (C=O) groups is 2.